The second-order valence-electron chi connectivity index (χ2n) is 8.07. The van der Waals surface area contributed by atoms with E-state index < -0.39 is 4.92 Å². The Morgan fingerprint density at radius 1 is 0.889 bits per heavy atom. The Bertz CT molecular complexity index is 1050. The van der Waals surface area contributed by atoms with Gasteiger partial charge in [0.25, 0.3) is 5.69 Å². The van der Waals surface area contributed by atoms with Crippen molar-refractivity contribution in [2.24, 2.45) is 35.5 Å². The number of carbonyl (C=O) groups is 2. The third-order valence-electron chi connectivity index (χ3n) is 6.98. The van der Waals surface area contributed by atoms with Crippen LogP contribution in [-0.4, -0.2) is 16.7 Å². The van der Waals surface area contributed by atoms with Gasteiger partial charge in [-0.25, -0.2) is 4.90 Å². The predicted molar refractivity (Wildman–Crippen MR) is 97.8 cm³/mol. The first kappa shape index (κ1) is 15.1. The van der Waals surface area contributed by atoms with Crippen molar-refractivity contribution in [3.8, 4) is 0 Å². The summed E-state index contributed by atoms with van der Waals surface area (Å²) in [6.07, 6.45) is 5.40. The van der Waals surface area contributed by atoms with E-state index in [0.717, 1.165) is 6.42 Å². The van der Waals surface area contributed by atoms with Crippen LogP contribution in [0.2, 0.25) is 0 Å². The van der Waals surface area contributed by atoms with Crippen LogP contribution in [0.3, 0.4) is 0 Å². The summed E-state index contributed by atoms with van der Waals surface area (Å²) in [5, 5.41) is 12.4. The number of non-ortho nitro benzene ring substituents is 1. The molecule has 3 fully saturated rings. The molecule has 0 radical (unpaired) electrons. The summed E-state index contributed by atoms with van der Waals surface area (Å²) in [5.41, 5.74) is 0.447. The van der Waals surface area contributed by atoms with Crippen molar-refractivity contribution in [2.45, 2.75) is 6.42 Å². The van der Waals surface area contributed by atoms with Crippen LogP contribution in [0.25, 0.3) is 10.8 Å². The molecule has 0 N–H and O–H groups in total. The molecule has 7 rings (SSSR count). The minimum atomic E-state index is -0.433. The van der Waals surface area contributed by atoms with E-state index >= 15 is 0 Å². The highest BCUT2D eigenvalue weighted by molar-refractivity contribution is 6.25. The normalized spacial score (nSPS) is 35.5. The first-order valence-electron chi connectivity index (χ1n) is 9.30. The van der Waals surface area contributed by atoms with E-state index in [1.807, 2.05) is 0 Å². The maximum atomic E-state index is 13.3. The number of anilines is 1. The van der Waals surface area contributed by atoms with E-state index in [4.69, 9.17) is 0 Å². The topological polar surface area (TPSA) is 80.5 Å². The highest BCUT2D eigenvalue weighted by Gasteiger charge is 2.67. The fourth-order valence-corrected chi connectivity index (χ4v) is 5.82. The first-order chi connectivity index (χ1) is 13.1. The Morgan fingerprint density at radius 3 is 2.07 bits per heavy atom. The van der Waals surface area contributed by atoms with Crippen molar-refractivity contribution in [2.75, 3.05) is 4.90 Å². The standard InChI is InChI=1S/C21H16N2O4/c24-20-18-12-5-6-13(15-9-14(12)15)19(18)21(25)22(20)16-7-8-17(23(26)27)11-4-2-1-3-10(11)16/h1-8,12-15,18-19H,9H2/t12?,13?,14-,15+,18+,19-. The summed E-state index contributed by atoms with van der Waals surface area (Å²) < 4.78 is 0. The monoisotopic (exact) mass is 360 g/mol. The molecular formula is C21H16N2O4. The number of rotatable bonds is 2. The minimum absolute atomic E-state index is 0.0196. The quantitative estimate of drug-likeness (QED) is 0.356. The van der Waals surface area contributed by atoms with Gasteiger partial charge >= 0.3 is 0 Å². The number of allylic oxidation sites excluding steroid dienone is 2. The van der Waals surface area contributed by atoms with Crippen LogP contribution in [0, 0.1) is 45.6 Å². The van der Waals surface area contributed by atoms with Crippen LogP contribution in [0.4, 0.5) is 11.4 Å². The Balaban J connectivity index is 1.51. The number of nitro groups is 1. The molecule has 134 valence electrons. The molecule has 27 heavy (non-hydrogen) atoms. The molecule has 2 saturated carbocycles. The Hall–Kier alpha value is -3.02. The fraction of sp³-hybridized carbons (Fsp3) is 0.333. The van der Waals surface area contributed by atoms with E-state index in [-0.39, 0.29) is 41.2 Å². The molecular weight excluding hydrogens is 344 g/mol. The molecule has 0 aromatic heterocycles. The number of nitrogens with zero attached hydrogens (tertiary/aromatic N) is 2. The molecule has 6 nitrogen and oxygen atoms in total. The zero-order valence-electron chi connectivity index (χ0n) is 14.3. The highest BCUT2D eigenvalue weighted by Crippen LogP contribution is 2.65. The van der Waals surface area contributed by atoms with Crippen molar-refractivity contribution in [3.63, 3.8) is 0 Å². The van der Waals surface area contributed by atoms with Crippen LogP contribution >= 0.6 is 0 Å². The molecule has 2 bridgehead atoms. The van der Waals surface area contributed by atoms with E-state index in [1.54, 1.807) is 30.3 Å². The van der Waals surface area contributed by atoms with Gasteiger partial charge in [0.1, 0.15) is 0 Å². The summed E-state index contributed by atoms with van der Waals surface area (Å²) in [6, 6.07) is 9.84. The molecule has 6 heteroatoms. The fourth-order valence-electron chi connectivity index (χ4n) is 5.82. The van der Waals surface area contributed by atoms with Gasteiger partial charge in [-0.2, -0.15) is 0 Å². The van der Waals surface area contributed by atoms with Crippen LogP contribution in [0.5, 0.6) is 0 Å². The lowest BCUT2D eigenvalue weighted by Gasteiger charge is -2.37. The minimum Gasteiger partial charge on any atom is -0.274 e. The van der Waals surface area contributed by atoms with Gasteiger partial charge in [-0.3, -0.25) is 19.7 Å². The Labute approximate surface area is 154 Å². The second-order valence-corrected chi connectivity index (χ2v) is 8.07. The molecule has 5 aliphatic rings. The molecule has 2 aromatic carbocycles. The van der Waals surface area contributed by atoms with Gasteiger partial charge in [-0.15, -0.1) is 0 Å². The van der Waals surface area contributed by atoms with E-state index in [9.17, 15) is 19.7 Å². The molecule has 1 saturated heterocycles. The van der Waals surface area contributed by atoms with Gasteiger partial charge in [0.05, 0.1) is 27.8 Å². The molecule has 4 aliphatic carbocycles. The van der Waals surface area contributed by atoms with Gasteiger partial charge in [0.15, 0.2) is 0 Å². The second kappa shape index (κ2) is 4.82. The smallest absolute Gasteiger partial charge is 0.274 e. The summed E-state index contributed by atoms with van der Waals surface area (Å²) in [4.78, 5) is 38.8. The first-order valence-corrected chi connectivity index (χ1v) is 9.30. The van der Waals surface area contributed by atoms with Crippen molar-refractivity contribution in [1.29, 1.82) is 0 Å². The van der Waals surface area contributed by atoms with Gasteiger partial charge in [-0.05, 0) is 42.2 Å². The highest BCUT2D eigenvalue weighted by atomic mass is 16.6. The van der Waals surface area contributed by atoms with E-state index in [2.05, 4.69) is 12.2 Å². The molecule has 2 aromatic rings. The lowest BCUT2D eigenvalue weighted by atomic mass is 9.63. The predicted octanol–water partition coefficient (Wildman–Crippen LogP) is 3.31. The molecule has 2 amide bonds. The zero-order valence-corrected chi connectivity index (χ0v) is 14.3. The van der Waals surface area contributed by atoms with Crippen molar-refractivity contribution < 1.29 is 14.5 Å². The van der Waals surface area contributed by atoms with Gasteiger partial charge in [-0.1, -0.05) is 30.4 Å². The molecule has 2 unspecified atom stereocenters. The van der Waals surface area contributed by atoms with Gasteiger partial charge in [0, 0.05) is 11.5 Å². The molecule has 1 heterocycles. The maximum Gasteiger partial charge on any atom is 0.277 e. The number of hydrogen-bond acceptors (Lipinski definition) is 4. The van der Waals surface area contributed by atoms with Crippen LogP contribution in [0.15, 0.2) is 48.6 Å². The number of hydrogen-bond donors (Lipinski definition) is 0. The maximum absolute atomic E-state index is 13.3. The lowest BCUT2D eigenvalue weighted by molar-refractivity contribution is -0.383. The summed E-state index contributed by atoms with van der Waals surface area (Å²) in [7, 11) is 0. The number of fused-ring (bicyclic) bond motifs is 1. The van der Waals surface area contributed by atoms with Crippen molar-refractivity contribution in [1.82, 2.24) is 0 Å². The van der Waals surface area contributed by atoms with Gasteiger partial charge < -0.3 is 0 Å². The third-order valence-corrected chi connectivity index (χ3v) is 6.98. The summed E-state index contributed by atoms with van der Waals surface area (Å²) in [6.45, 7) is 0. The van der Waals surface area contributed by atoms with Gasteiger partial charge in [0.2, 0.25) is 11.8 Å². The average molecular weight is 360 g/mol. The van der Waals surface area contributed by atoms with Crippen LogP contribution in [0.1, 0.15) is 6.42 Å². The Morgan fingerprint density at radius 2 is 1.48 bits per heavy atom. The largest absolute Gasteiger partial charge is 0.277 e. The number of benzene rings is 2. The summed E-state index contributed by atoms with van der Waals surface area (Å²) >= 11 is 0. The molecule has 0 spiro atoms. The molecule has 6 atom stereocenters. The van der Waals surface area contributed by atoms with E-state index in [0.29, 0.717) is 28.3 Å². The lowest BCUT2D eigenvalue weighted by Crippen LogP contribution is -2.40. The third kappa shape index (κ3) is 1.75. The van der Waals surface area contributed by atoms with E-state index in [1.165, 1.54) is 11.0 Å². The SMILES string of the molecule is O=C1[C@@H]2C3C=CC([C@H]4C[C@@H]34)[C@@H]2C(=O)N1c1ccc([N+](=O)[O-])c2ccccc12. The summed E-state index contributed by atoms with van der Waals surface area (Å²) in [5.74, 6) is 0.586. The number of nitro benzene ring substituents is 1. The van der Waals surface area contributed by atoms with Crippen molar-refractivity contribution in [3.05, 3.63) is 58.7 Å². The number of amides is 2. The van der Waals surface area contributed by atoms with Crippen molar-refractivity contribution >= 4 is 34.0 Å². The number of imide groups is 1. The van der Waals surface area contributed by atoms with Crippen LogP contribution < -0.4 is 4.90 Å². The average Bonchev–Trinajstić information content (AvgIpc) is 3.45. The zero-order chi connectivity index (χ0) is 18.4. The number of carbonyl (C=O) groups excluding carboxylic acids is 2. The van der Waals surface area contributed by atoms with Crippen LogP contribution in [-0.2, 0) is 9.59 Å². The molecule has 1 aliphatic heterocycles. The Kier molecular flexibility index (Phi) is 2.69.